The fourth-order valence-electron chi connectivity index (χ4n) is 3.75. The first-order valence-corrected chi connectivity index (χ1v) is 9.24. The Balaban J connectivity index is 1.90. The molecule has 0 bridgehead atoms. The van der Waals surface area contributed by atoms with Gasteiger partial charge in [0, 0.05) is 10.9 Å². The number of pyridine rings is 1. The minimum atomic E-state index is 0.843. The molecule has 4 heteroatoms. The zero-order chi connectivity index (χ0) is 19.1. The fraction of sp³-hybridized carbons (Fsp3) is 0.0833. The lowest BCUT2D eigenvalue weighted by molar-refractivity contribution is 0.415. The van der Waals surface area contributed by atoms with Crippen molar-refractivity contribution in [2.75, 3.05) is 7.11 Å². The first kappa shape index (κ1) is 16.5. The third kappa shape index (κ3) is 2.54. The second-order valence-corrected chi connectivity index (χ2v) is 6.76. The van der Waals surface area contributed by atoms with Crippen LogP contribution in [0.4, 0.5) is 0 Å². The molecule has 0 aliphatic rings. The summed E-state index contributed by atoms with van der Waals surface area (Å²) in [6.45, 7) is 2.05. The maximum Gasteiger partial charge on any atom is 0.164 e. The van der Waals surface area contributed by atoms with E-state index in [1.807, 2.05) is 48.0 Å². The standard InChI is InChI=1S/C24H19N3O/c1-16-22-23(17-12-14-19(28-2)15-13-17)20-10-6-7-11-21(20)25-24(22)27(26-16)18-8-4-3-5-9-18/h3-15H,1-2H3. The van der Waals surface area contributed by atoms with Crippen LogP contribution in [0.1, 0.15) is 5.69 Å². The minimum absolute atomic E-state index is 0.843. The van der Waals surface area contributed by atoms with E-state index in [0.717, 1.165) is 50.2 Å². The van der Waals surface area contributed by atoms with Crippen molar-refractivity contribution in [2.45, 2.75) is 6.92 Å². The monoisotopic (exact) mass is 365 g/mol. The van der Waals surface area contributed by atoms with Crippen LogP contribution in [0.3, 0.4) is 0 Å². The minimum Gasteiger partial charge on any atom is -0.497 e. The summed E-state index contributed by atoms with van der Waals surface area (Å²) in [4.78, 5) is 4.97. The van der Waals surface area contributed by atoms with Crippen molar-refractivity contribution in [3.05, 3.63) is 84.6 Å². The van der Waals surface area contributed by atoms with Gasteiger partial charge in [-0.1, -0.05) is 48.5 Å². The Morgan fingerprint density at radius 1 is 0.821 bits per heavy atom. The van der Waals surface area contributed by atoms with Crippen LogP contribution in [0.2, 0.25) is 0 Å². The molecule has 4 nitrogen and oxygen atoms in total. The largest absolute Gasteiger partial charge is 0.497 e. The number of hydrogen-bond donors (Lipinski definition) is 0. The Morgan fingerprint density at radius 3 is 2.29 bits per heavy atom. The Labute approximate surface area is 163 Å². The normalized spacial score (nSPS) is 11.2. The number of aromatic nitrogens is 3. The molecule has 2 heterocycles. The van der Waals surface area contributed by atoms with Gasteiger partial charge in [0.2, 0.25) is 0 Å². The van der Waals surface area contributed by atoms with Crippen LogP contribution in [0.5, 0.6) is 5.75 Å². The lowest BCUT2D eigenvalue weighted by Gasteiger charge is -2.11. The summed E-state index contributed by atoms with van der Waals surface area (Å²) in [5.41, 5.74) is 6.07. The first-order valence-electron chi connectivity index (χ1n) is 9.24. The molecule has 5 rings (SSSR count). The van der Waals surface area contributed by atoms with E-state index in [-0.39, 0.29) is 0 Å². The molecular weight excluding hydrogens is 346 g/mol. The van der Waals surface area contributed by atoms with Gasteiger partial charge in [-0.3, -0.25) is 0 Å². The molecule has 0 saturated heterocycles. The third-order valence-electron chi connectivity index (χ3n) is 5.07. The van der Waals surface area contributed by atoms with Crippen molar-refractivity contribution in [1.82, 2.24) is 14.8 Å². The van der Waals surface area contributed by atoms with Crippen molar-refractivity contribution < 1.29 is 4.74 Å². The van der Waals surface area contributed by atoms with E-state index in [1.165, 1.54) is 0 Å². The van der Waals surface area contributed by atoms with E-state index in [9.17, 15) is 0 Å². The van der Waals surface area contributed by atoms with E-state index >= 15 is 0 Å². The summed E-state index contributed by atoms with van der Waals surface area (Å²) in [5, 5.41) is 7.03. The lowest BCUT2D eigenvalue weighted by atomic mass is 9.97. The Hall–Kier alpha value is -3.66. The number of ether oxygens (including phenoxy) is 1. The van der Waals surface area contributed by atoms with E-state index in [1.54, 1.807) is 7.11 Å². The van der Waals surface area contributed by atoms with Gasteiger partial charge in [-0.2, -0.15) is 5.10 Å². The van der Waals surface area contributed by atoms with Crippen LogP contribution in [0.25, 0.3) is 38.8 Å². The van der Waals surface area contributed by atoms with Gasteiger partial charge in [-0.15, -0.1) is 0 Å². The molecule has 0 N–H and O–H groups in total. The molecule has 0 aliphatic carbocycles. The Morgan fingerprint density at radius 2 is 1.54 bits per heavy atom. The number of methoxy groups -OCH3 is 1. The molecule has 28 heavy (non-hydrogen) atoms. The van der Waals surface area contributed by atoms with Crippen molar-refractivity contribution in [1.29, 1.82) is 0 Å². The molecule has 0 atom stereocenters. The van der Waals surface area contributed by atoms with Crippen LogP contribution in [0.15, 0.2) is 78.9 Å². The smallest absolute Gasteiger partial charge is 0.164 e. The van der Waals surface area contributed by atoms with Gasteiger partial charge < -0.3 is 4.74 Å². The van der Waals surface area contributed by atoms with E-state index in [2.05, 4.69) is 42.5 Å². The second-order valence-electron chi connectivity index (χ2n) is 6.76. The molecule has 136 valence electrons. The molecule has 2 aromatic heterocycles. The predicted octanol–water partition coefficient (Wildman–Crippen LogP) is 5.56. The highest BCUT2D eigenvalue weighted by atomic mass is 16.5. The van der Waals surface area contributed by atoms with Gasteiger partial charge in [0.05, 0.1) is 29.4 Å². The highest BCUT2D eigenvalue weighted by Gasteiger charge is 2.18. The van der Waals surface area contributed by atoms with Crippen LogP contribution in [-0.4, -0.2) is 21.9 Å². The topological polar surface area (TPSA) is 39.9 Å². The number of benzene rings is 3. The Kier molecular flexibility index (Phi) is 3.83. The number of fused-ring (bicyclic) bond motifs is 2. The van der Waals surface area contributed by atoms with Gasteiger partial charge in [0.15, 0.2) is 5.65 Å². The lowest BCUT2D eigenvalue weighted by Crippen LogP contribution is -1.98. The molecule has 3 aromatic carbocycles. The van der Waals surface area contributed by atoms with Crippen molar-refractivity contribution >= 4 is 21.9 Å². The Bertz CT molecular complexity index is 1290. The quantitative estimate of drug-likeness (QED) is 0.420. The first-order chi connectivity index (χ1) is 13.8. The third-order valence-corrected chi connectivity index (χ3v) is 5.07. The summed E-state index contributed by atoms with van der Waals surface area (Å²) in [6.07, 6.45) is 0. The number of aryl methyl sites for hydroxylation is 1. The number of nitrogens with zero attached hydrogens (tertiary/aromatic N) is 3. The molecule has 0 fully saturated rings. The zero-order valence-electron chi connectivity index (χ0n) is 15.8. The molecule has 0 radical (unpaired) electrons. The van der Waals surface area contributed by atoms with Crippen molar-refractivity contribution in [3.8, 4) is 22.6 Å². The maximum atomic E-state index is 5.34. The van der Waals surface area contributed by atoms with E-state index in [4.69, 9.17) is 14.8 Å². The van der Waals surface area contributed by atoms with E-state index < -0.39 is 0 Å². The molecule has 0 saturated carbocycles. The molecule has 5 aromatic rings. The van der Waals surface area contributed by atoms with Gasteiger partial charge in [-0.25, -0.2) is 9.67 Å². The molecule has 0 spiro atoms. The van der Waals surface area contributed by atoms with Crippen LogP contribution < -0.4 is 4.74 Å². The molecule has 0 aliphatic heterocycles. The molecule has 0 amide bonds. The summed E-state index contributed by atoms with van der Waals surface area (Å²) in [6, 6.07) is 26.6. The van der Waals surface area contributed by atoms with Crippen molar-refractivity contribution in [3.63, 3.8) is 0 Å². The number of para-hydroxylation sites is 2. The second kappa shape index (κ2) is 6.50. The van der Waals surface area contributed by atoms with E-state index in [0.29, 0.717) is 0 Å². The summed E-state index contributed by atoms with van der Waals surface area (Å²) in [5.74, 6) is 0.843. The SMILES string of the molecule is COc1ccc(-c2c3ccccc3nc3c2c(C)nn3-c2ccccc2)cc1. The van der Waals surface area contributed by atoms with Crippen LogP contribution >= 0.6 is 0 Å². The van der Waals surface area contributed by atoms with Crippen molar-refractivity contribution in [2.24, 2.45) is 0 Å². The van der Waals surface area contributed by atoms with Crippen LogP contribution in [0, 0.1) is 6.92 Å². The zero-order valence-corrected chi connectivity index (χ0v) is 15.8. The molecular formula is C24H19N3O. The number of hydrogen-bond acceptors (Lipinski definition) is 3. The molecule has 0 unspecified atom stereocenters. The van der Waals surface area contributed by atoms with Gasteiger partial charge in [-0.05, 0) is 42.8 Å². The highest BCUT2D eigenvalue weighted by molar-refractivity contribution is 6.10. The fourth-order valence-corrected chi connectivity index (χ4v) is 3.75. The summed E-state index contributed by atoms with van der Waals surface area (Å²) in [7, 11) is 1.68. The average Bonchev–Trinajstić information content (AvgIpc) is 3.09. The summed E-state index contributed by atoms with van der Waals surface area (Å²) < 4.78 is 7.27. The van der Waals surface area contributed by atoms with Crippen LogP contribution in [-0.2, 0) is 0 Å². The predicted molar refractivity (Wildman–Crippen MR) is 113 cm³/mol. The maximum absolute atomic E-state index is 5.34. The summed E-state index contributed by atoms with van der Waals surface area (Å²) >= 11 is 0. The van der Waals surface area contributed by atoms with Gasteiger partial charge in [0.1, 0.15) is 5.75 Å². The van der Waals surface area contributed by atoms with Gasteiger partial charge >= 0.3 is 0 Å². The number of rotatable bonds is 3. The average molecular weight is 365 g/mol. The van der Waals surface area contributed by atoms with Gasteiger partial charge in [0.25, 0.3) is 0 Å². The highest BCUT2D eigenvalue weighted by Crippen LogP contribution is 2.37.